The van der Waals surface area contributed by atoms with E-state index in [0.29, 0.717) is 0 Å². The predicted molar refractivity (Wildman–Crippen MR) is 83.6 cm³/mol. The van der Waals surface area contributed by atoms with Gasteiger partial charge in [0.2, 0.25) is 0 Å². The monoisotopic (exact) mass is 305 g/mol. The summed E-state index contributed by atoms with van der Waals surface area (Å²) < 4.78 is 26.2. The second-order valence-corrected chi connectivity index (χ2v) is 5.27. The lowest BCUT2D eigenvalue weighted by Crippen LogP contribution is -2.23. The smallest absolute Gasteiger partial charge is 0.123 e. The minimum atomic E-state index is -0.274. The number of aliphatic hydroxyl groups excluding tert-OH is 1. The van der Waals surface area contributed by atoms with E-state index < -0.39 is 0 Å². The summed E-state index contributed by atoms with van der Waals surface area (Å²) in [7, 11) is 0. The van der Waals surface area contributed by atoms with Crippen molar-refractivity contribution in [1.82, 2.24) is 5.32 Å². The second kappa shape index (κ2) is 8.61. The van der Waals surface area contributed by atoms with Crippen LogP contribution in [-0.2, 0) is 0 Å². The SMILES string of the molecule is OCCCCCNC(c1ccc(F)cc1)c1ccc(F)cc1. The minimum Gasteiger partial charge on any atom is -0.396 e. The van der Waals surface area contributed by atoms with Gasteiger partial charge in [-0.1, -0.05) is 24.3 Å². The fourth-order valence-corrected chi connectivity index (χ4v) is 2.40. The Bertz CT molecular complexity index is 509. The zero-order chi connectivity index (χ0) is 15.8. The Morgan fingerprint density at radius 1 is 0.773 bits per heavy atom. The van der Waals surface area contributed by atoms with Crippen molar-refractivity contribution in [3.05, 3.63) is 71.3 Å². The molecule has 0 atom stereocenters. The molecular weight excluding hydrogens is 284 g/mol. The molecule has 0 aromatic heterocycles. The highest BCUT2D eigenvalue weighted by atomic mass is 19.1. The van der Waals surface area contributed by atoms with Gasteiger partial charge in [0.15, 0.2) is 0 Å². The Kier molecular flexibility index (Phi) is 6.49. The van der Waals surface area contributed by atoms with Gasteiger partial charge in [0.1, 0.15) is 11.6 Å². The van der Waals surface area contributed by atoms with Gasteiger partial charge in [-0.25, -0.2) is 8.78 Å². The van der Waals surface area contributed by atoms with Gasteiger partial charge < -0.3 is 10.4 Å². The van der Waals surface area contributed by atoms with Gasteiger partial charge in [-0.15, -0.1) is 0 Å². The largest absolute Gasteiger partial charge is 0.396 e. The Labute approximate surface area is 129 Å². The summed E-state index contributed by atoms with van der Waals surface area (Å²) in [5.74, 6) is -0.547. The normalized spacial score (nSPS) is 11.1. The van der Waals surface area contributed by atoms with Gasteiger partial charge in [0, 0.05) is 6.61 Å². The molecule has 0 amide bonds. The highest BCUT2D eigenvalue weighted by Crippen LogP contribution is 2.22. The fraction of sp³-hybridized carbons (Fsp3) is 0.333. The summed E-state index contributed by atoms with van der Waals surface area (Å²) in [4.78, 5) is 0. The molecule has 0 saturated carbocycles. The van der Waals surface area contributed by atoms with E-state index in [-0.39, 0.29) is 24.3 Å². The van der Waals surface area contributed by atoms with Gasteiger partial charge >= 0.3 is 0 Å². The molecule has 2 rings (SSSR count). The zero-order valence-corrected chi connectivity index (χ0v) is 12.4. The van der Waals surface area contributed by atoms with E-state index in [1.807, 2.05) is 0 Å². The molecule has 0 unspecified atom stereocenters. The molecule has 118 valence electrons. The van der Waals surface area contributed by atoms with Crippen molar-refractivity contribution in [2.75, 3.05) is 13.2 Å². The van der Waals surface area contributed by atoms with Crippen molar-refractivity contribution in [1.29, 1.82) is 0 Å². The van der Waals surface area contributed by atoms with Crippen LogP contribution in [0.5, 0.6) is 0 Å². The first-order valence-corrected chi connectivity index (χ1v) is 7.56. The van der Waals surface area contributed by atoms with Gasteiger partial charge in [0.25, 0.3) is 0 Å². The molecule has 0 aliphatic rings. The summed E-state index contributed by atoms with van der Waals surface area (Å²) in [5.41, 5.74) is 1.88. The quantitative estimate of drug-likeness (QED) is 0.727. The standard InChI is InChI=1S/C18H21F2NO/c19-16-8-4-14(5-9-16)18(21-12-2-1-3-13-22)15-6-10-17(20)11-7-15/h4-11,18,21-22H,1-3,12-13H2. The molecule has 2 nitrogen and oxygen atoms in total. The van der Waals surface area contributed by atoms with Crippen LogP contribution < -0.4 is 5.32 Å². The van der Waals surface area contributed by atoms with Crippen LogP contribution in [0.1, 0.15) is 36.4 Å². The van der Waals surface area contributed by atoms with E-state index in [1.54, 1.807) is 24.3 Å². The van der Waals surface area contributed by atoms with Crippen LogP contribution in [0.4, 0.5) is 8.78 Å². The van der Waals surface area contributed by atoms with Gasteiger partial charge in [-0.2, -0.15) is 0 Å². The molecule has 0 radical (unpaired) electrons. The number of halogens is 2. The summed E-state index contributed by atoms with van der Waals surface area (Å²) >= 11 is 0. The van der Waals surface area contributed by atoms with Crippen LogP contribution in [0, 0.1) is 11.6 Å². The van der Waals surface area contributed by atoms with Gasteiger partial charge in [-0.3, -0.25) is 0 Å². The van der Waals surface area contributed by atoms with Gasteiger partial charge in [-0.05, 0) is 61.2 Å². The molecule has 0 heterocycles. The first kappa shape index (κ1) is 16.6. The third kappa shape index (κ3) is 4.90. The number of rotatable bonds is 8. The van der Waals surface area contributed by atoms with Crippen LogP contribution in [-0.4, -0.2) is 18.3 Å². The topological polar surface area (TPSA) is 32.3 Å². The molecule has 0 bridgehead atoms. The Balaban J connectivity index is 2.10. The van der Waals surface area contributed by atoms with E-state index in [1.165, 1.54) is 24.3 Å². The van der Waals surface area contributed by atoms with Crippen molar-refractivity contribution in [3.63, 3.8) is 0 Å². The number of hydrogen-bond acceptors (Lipinski definition) is 2. The summed E-state index contributed by atoms with van der Waals surface area (Å²) in [6.07, 6.45) is 2.68. The van der Waals surface area contributed by atoms with Crippen LogP contribution in [0.2, 0.25) is 0 Å². The lowest BCUT2D eigenvalue weighted by atomic mass is 9.98. The van der Waals surface area contributed by atoms with E-state index in [0.717, 1.165) is 36.9 Å². The van der Waals surface area contributed by atoms with Crippen molar-refractivity contribution < 1.29 is 13.9 Å². The number of aliphatic hydroxyl groups is 1. The molecule has 2 aromatic carbocycles. The van der Waals surface area contributed by atoms with Crippen LogP contribution >= 0.6 is 0 Å². The van der Waals surface area contributed by atoms with Crippen molar-refractivity contribution in [2.24, 2.45) is 0 Å². The molecule has 2 aromatic rings. The molecule has 22 heavy (non-hydrogen) atoms. The number of nitrogens with one attached hydrogen (secondary N) is 1. The first-order valence-electron chi connectivity index (χ1n) is 7.56. The maximum atomic E-state index is 13.1. The van der Waals surface area contributed by atoms with E-state index >= 15 is 0 Å². The van der Waals surface area contributed by atoms with E-state index in [9.17, 15) is 8.78 Å². The van der Waals surface area contributed by atoms with Gasteiger partial charge in [0.05, 0.1) is 6.04 Å². The lowest BCUT2D eigenvalue weighted by molar-refractivity contribution is 0.282. The van der Waals surface area contributed by atoms with E-state index in [4.69, 9.17) is 5.11 Å². The highest BCUT2D eigenvalue weighted by molar-refractivity contribution is 5.32. The Morgan fingerprint density at radius 3 is 1.73 bits per heavy atom. The molecule has 0 fully saturated rings. The number of unbranched alkanes of at least 4 members (excludes halogenated alkanes) is 2. The third-order valence-electron chi connectivity index (χ3n) is 3.59. The minimum absolute atomic E-state index is 0.102. The summed E-state index contributed by atoms with van der Waals surface area (Å²) in [5, 5.41) is 12.2. The van der Waals surface area contributed by atoms with Crippen LogP contribution in [0.25, 0.3) is 0 Å². The Hall–Kier alpha value is -1.78. The summed E-state index contributed by atoms with van der Waals surface area (Å²) in [6.45, 7) is 0.985. The molecule has 2 N–H and O–H groups in total. The average Bonchev–Trinajstić information content (AvgIpc) is 2.53. The maximum absolute atomic E-state index is 13.1. The van der Waals surface area contributed by atoms with Crippen LogP contribution in [0.3, 0.4) is 0 Å². The maximum Gasteiger partial charge on any atom is 0.123 e. The Morgan fingerprint density at radius 2 is 1.27 bits per heavy atom. The molecule has 0 spiro atoms. The molecule has 0 aliphatic heterocycles. The number of hydrogen-bond donors (Lipinski definition) is 2. The van der Waals surface area contributed by atoms with Crippen molar-refractivity contribution >= 4 is 0 Å². The van der Waals surface area contributed by atoms with Crippen molar-refractivity contribution in [3.8, 4) is 0 Å². The van der Waals surface area contributed by atoms with E-state index in [2.05, 4.69) is 5.32 Å². The molecular formula is C18H21F2NO. The predicted octanol–water partition coefficient (Wildman–Crippen LogP) is 3.81. The molecule has 4 heteroatoms. The summed E-state index contributed by atoms with van der Waals surface area (Å²) in [6, 6.07) is 12.6. The van der Waals surface area contributed by atoms with Crippen molar-refractivity contribution in [2.45, 2.75) is 25.3 Å². The zero-order valence-electron chi connectivity index (χ0n) is 12.4. The second-order valence-electron chi connectivity index (χ2n) is 5.27. The molecule has 0 saturated heterocycles. The fourth-order valence-electron chi connectivity index (χ4n) is 2.40. The average molecular weight is 305 g/mol. The lowest BCUT2D eigenvalue weighted by Gasteiger charge is -2.20. The third-order valence-corrected chi connectivity index (χ3v) is 3.59. The number of benzene rings is 2. The van der Waals surface area contributed by atoms with Crippen LogP contribution in [0.15, 0.2) is 48.5 Å². The highest BCUT2D eigenvalue weighted by Gasteiger charge is 2.13. The first-order chi connectivity index (χ1) is 10.7. The molecule has 0 aliphatic carbocycles.